The average molecular weight is 326 g/mol. The van der Waals surface area contributed by atoms with E-state index in [-0.39, 0.29) is 12.5 Å². The molecule has 1 amide bonds. The monoisotopic (exact) mass is 326 g/mol. The van der Waals surface area contributed by atoms with Gasteiger partial charge in [0.25, 0.3) is 5.91 Å². The molecule has 0 saturated heterocycles. The molecular weight excluding hydrogens is 304 g/mol. The SMILES string of the molecule is Cc1ccc(OCCCCN2C(=O)COc3cc(N)ccc32)cc1. The first-order valence-corrected chi connectivity index (χ1v) is 8.15. The number of aryl methyl sites for hydroxylation is 1. The molecule has 5 heteroatoms. The first-order chi connectivity index (χ1) is 11.6. The molecular formula is C19H22N2O3. The van der Waals surface area contributed by atoms with Crippen molar-refractivity contribution in [2.45, 2.75) is 19.8 Å². The first kappa shape index (κ1) is 16.2. The molecule has 0 atom stereocenters. The third kappa shape index (κ3) is 3.79. The second kappa shape index (κ2) is 7.25. The summed E-state index contributed by atoms with van der Waals surface area (Å²) >= 11 is 0. The van der Waals surface area contributed by atoms with Crippen LogP contribution in [0.15, 0.2) is 42.5 Å². The number of nitrogen functional groups attached to an aromatic ring is 1. The number of anilines is 2. The number of carbonyl (C=O) groups excluding carboxylic acids is 1. The highest BCUT2D eigenvalue weighted by Crippen LogP contribution is 2.33. The van der Waals surface area contributed by atoms with Crippen LogP contribution in [0.2, 0.25) is 0 Å². The molecule has 0 bridgehead atoms. The summed E-state index contributed by atoms with van der Waals surface area (Å²) in [6.45, 7) is 3.40. The highest BCUT2D eigenvalue weighted by molar-refractivity contribution is 5.98. The van der Waals surface area contributed by atoms with Gasteiger partial charge in [-0.3, -0.25) is 4.79 Å². The van der Waals surface area contributed by atoms with E-state index < -0.39 is 0 Å². The molecule has 2 aromatic rings. The maximum Gasteiger partial charge on any atom is 0.265 e. The Hall–Kier alpha value is -2.69. The van der Waals surface area contributed by atoms with Crippen LogP contribution in [0.25, 0.3) is 0 Å². The predicted molar refractivity (Wildman–Crippen MR) is 94.6 cm³/mol. The van der Waals surface area contributed by atoms with E-state index in [1.54, 1.807) is 17.0 Å². The van der Waals surface area contributed by atoms with Crippen molar-refractivity contribution in [2.75, 3.05) is 30.4 Å². The van der Waals surface area contributed by atoms with Crippen molar-refractivity contribution < 1.29 is 14.3 Å². The Morgan fingerprint density at radius 3 is 2.75 bits per heavy atom. The second-order valence-electron chi connectivity index (χ2n) is 5.93. The maximum absolute atomic E-state index is 12.1. The molecule has 0 aromatic heterocycles. The van der Waals surface area contributed by atoms with Crippen molar-refractivity contribution in [2.24, 2.45) is 0 Å². The summed E-state index contributed by atoms with van der Waals surface area (Å²) in [5.74, 6) is 1.53. The Bertz CT molecular complexity index is 713. The van der Waals surface area contributed by atoms with Gasteiger partial charge in [0.15, 0.2) is 6.61 Å². The largest absolute Gasteiger partial charge is 0.494 e. The van der Waals surface area contributed by atoms with Crippen molar-refractivity contribution in [3.8, 4) is 11.5 Å². The summed E-state index contributed by atoms with van der Waals surface area (Å²) in [5, 5.41) is 0. The summed E-state index contributed by atoms with van der Waals surface area (Å²) in [7, 11) is 0. The van der Waals surface area contributed by atoms with Crippen LogP contribution >= 0.6 is 0 Å². The lowest BCUT2D eigenvalue weighted by Crippen LogP contribution is -2.39. The fourth-order valence-corrected chi connectivity index (χ4v) is 2.66. The van der Waals surface area contributed by atoms with E-state index in [0.717, 1.165) is 24.3 Å². The number of carbonyl (C=O) groups is 1. The zero-order valence-electron chi connectivity index (χ0n) is 13.8. The van der Waals surface area contributed by atoms with Crippen LogP contribution in [-0.2, 0) is 4.79 Å². The highest BCUT2D eigenvalue weighted by atomic mass is 16.5. The molecule has 5 nitrogen and oxygen atoms in total. The molecule has 126 valence electrons. The number of benzene rings is 2. The summed E-state index contributed by atoms with van der Waals surface area (Å²) in [4.78, 5) is 13.9. The van der Waals surface area contributed by atoms with Crippen molar-refractivity contribution >= 4 is 17.3 Å². The molecule has 24 heavy (non-hydrogen) atoms. The number of nitrogens with two attached hydrogens (primary N) is 1. The topological polar surface area (TPSA) is 64.8 Å². The van der Waals surface area contributed by atoms with Gasteiger partial charge in [-0.2, -0.15) is 0 Å². The number of amides is 1. The third-order valence-corrected chi connectivity index (χ3v) is 3.99. The summed E-state index contributed by atoms with van der Waals surface area (Å²) in [6.07, 6.45) is 1.74. The third-order valence-electron chi connectivity index (χ3n) is 3.99. The fourth-order valence-electron chi connectivity index (χ4n) is 2.66. The predicted octanol–water partition coefficient (Wildman–Crippen LogP) is 3.16. The lowest BCUT2D eigenvalue weighted by molar-refractivity contribution is -0.121. The van der Waals surface area contributed by atoms with Crippen LogP contribution in [-0.4, -0.2) is 25.7 Å². The van der Waals surface area contributed by atoms with Crippen LogP contribution in [0.4, 0.5) is 11.4 Å². The van der Waals surface area contributed by atoms with Gasteiger partial charge in [-0.1, -0.05) is 17.7 Å². The molecule has 0 spiro atoms. The van der Waals surface area contributed by atoms with Crippen molar-refractivity contribution in [1.82, 2.24) is 0 Å². The zero-order chi connectivity index (χ0) is 16.9. The van der Waals surface area contributed by atoms with Gasteiger partial charge in [0.1, 0.15) is 11.5 Å². The van der Waals surface area contributed by atoms with Gasteiger partial charge < -0.3 is 20.1 Å². The van der Waals surface area contributed by atoms with E-state index in [9.17, 15) is 4.79 Å². The van der Waals surface area contributed by atoms with Gasteiger partial charge in [-0.05, 0) is 44.0 Å². The van der Waals surface area contributed by atoms with E-state index in [1.165, 1.54) is 5.56 Å². The van der Waals surface area contributed by atoms with Gasteiger partial charge in [-0.15, -0.1) is 0 Å². The normalized spacial score (nSPS) is 13.4. The second-order valence-corrected chi connectivity index (χ2v) is 5.93. The van der Waals surface area contributed by atoms with Crippen LogP contribution in [0, 0.1) is 6.92 Å². The molecule has 1 heterocycles. The van der Waals surface area contributed by atoms with Crippen molar-refractivity contribution in [3.05, 3.63) is 48.0 Å². The fraction of sp³-hybridized carbons (Fsp3) is 0.316. The van der Waals surface area contributed by atoms with Gasteiger partial charge in [-0.25, -0.2) is 0 Å². The Kier molecular flexibility index (Phi) is 4.89. The molecule has 0 fully saturated rings. The summed E-state index contributed by atoms with van der Waals surface area (Å²) in [5.41, 5.74) is 8.41. The van der Waals surface area contributed by atoms with Crippen LogP contribution in [0.5, 0.6) is 11.5 Å². The van der Waals surface area contributed by atoms with Crippen LogP contribution in [0.1, 0.15) is 18.4 Å². The molecule has 1 aliphatic rings. The van der Waals surface area contributed by atoms with Gasteiger partial charge in [0, 0.05) is 18.3 Å². The van der Waals surface area contributed by atoms with E-state index in [1.807, 2.05) is 30.3 Å². The minimum Gasteiger partial charge on any atom is -0.494 e. The van der Waals surface area contributed by atoms with E-state index >= 15 is 0 Å². The summed E-state index contributed by atoms with van der Waals surface area (Å²) in [6, 6.07) is 13.4. The van der Waals surface area contributed by atoms with E-state index in [4.69, 9.17) is 15.2 Å². The molecule has 0 aliphatic carbocycles. The Balaban J connectivity index is 1.50. The minimum atomic E-state index is -0.0216. The number of nitrogens with zero attached hydrogens (tertiary/aromatic N) is 1. The Labute approximate surface area is 142 Å². The van der Waals surface area contributed by atoms with E-state index in [0.29, 0.717) is 24.6 Å². The highest BCUT2D eigenvalue weighted by Gasteiger charge is 2.24. The number of hydrogen-bond acceptors (Lipinski definition) is 4. The molecule has 1 aliphatic heterocycles. The van der Waals surface area contributed by atoms with Gasteiger partial charge in [0.2, 0.25) is 0 Å². The van der Waals surface area contributed by atoms with Crippen molar-refractivity contribution in [3.63, 3.8) is 0 Å². The molecule has 0 saturated carbocycles. The van der Waals surface area contributed by atoms with E-state index in [2.05, 4.69) is 6.92 Å². The Morgan fingerprint density at radius 2 is 1.96 bits per heavy atom. The molecule has 0 radical (unpaired) electrons. The Morgan fingerprint density at radius 1 is 1.17 bits per heavy atom. The molecule has 2 N–H and O–H groups in total. The lowest BCUT2D eigenvalue weighted by Gasteiger charge is -2.29. The standard InChI is InChI=1S/C19H22N2O3/c1-14-4-7-16(8-5-14)23-11-3-2-10-21-17-9-6-15(20)12-18(17)24-13-19(21)22/h4-9,12H,2-3,10-11,13,20H2,1H3. The zero-order valence-corrected chi connectivity index (χ0v) is 13.8. The maximum atomic E-state index is 12.1. The lowest BCUT2D eigenvalue weighted by atomic mass is 10.2. The number of rotatable bonds is 6. The minimum absolute atomic E-state index is 0.0216. The quantitative estimate of drug-likeness (QED) is 0.654. The number of hydrogen-bond donors (Lipinski definition) is 1. The number of fused-ring (bicyclic) bond motifs is 1. The van der Waals surface area contributed by atoms with Crippen LogP contribution in [0.3, 0.4) is 0 Å². The smallest absolute Gasteiger partial charge is 0.265 e. The van der Waals surface area contributed by atoms with Crippen molar-refractivity contribution in [1.29, 1.82) is 0 Å². The molecule has 2 aromatic carbocycles. The first-order valence-electron chi connectivity index (χ1n) is 8.15. The number of unbranched alkanes of at least 4 members (excludes halogenated alkanes) is 1. The molecule has 0 unspecified atom stereocenters. The van der Waals surface area contributed by atoms with Crippen LogP contribution < -0.4 is 20.1 Å². The van der Waals surface area contributed by atoms with Gasteiger partial charge >= 0.3 is 0 Å². The number of ether oxygens (including phenoxy) is 2. The van der Waals surface area contributed by atoms with Gasteiger partial charge in [0.05, 0.1) is 12.3 Å². The average Bonchev–Trinajstić information content (AvgIpc) is 2.58. The molecule has 3 rings (SSSR count). The summed E-state index contributed by atoms with van der Waals surface area (Å²) < 4.78 is 11.2.